The Morgan fingerprint density at radius 3 is 2.52 bits per heavy atom. The fourth-order valence-corrected chi connectivity index (χ4v) is 3.15. The van der Waals surface area contributed by atoms with E-state index in [0.717, 1.165) is 10.9 Å². The van der Waals surface area contributed by atoms with E-state index in [1.165, 1.54) is 13.3 Å². The van der Waals surface area contributed by atoms with Gasteiger partial charge in [0.15, 0.2) is 0 Å². The number of nitrogens with one attached hydrogen (secondary N) is 1. The summed E-state index contributed by atoms with van der Waals surface area (Å²) < 4.78 is 17.0. The van der Waals surface area contributed by atoms with Crippen molar-refractivity contribution in [3.8, 4) is 17.2 Å². The molecule has 0 saturated heterocycles. The molecule has 7 nitrogen and oxygen atoms in total. The number of nitrogens with zero attached hydrogens (tertiary/aromatic N) is 1. The van der Waals surface area contributed by atoms with Crippen molar-refractivity contribution in [3.05, 3.63) is 87.9 Å². The highest BCUT2D eigenvalue weighted by Crippen LogP contribution is 2.23. The Labute approximate surface area is 200 Å². The van der Waals surface area contributed by atoms with Crippen molar-refractivity contribution in [1.29, 1.82) is 0 Å². The molecule has 0 atom stereocenters. The molecule has 3 aromatic rings. The second-order valence-electron chi connectivity index (χ2n) is 6.88. The number of hydrogen-bond donors (Lipinski definition) is 1. The smallest absolute Gasteiger partial charge is 0.343 e. The number of carbonyl (C=O) groups is 2. The van der Waals surface area contributed by atoms with Crippen LogP contribution in [0, 0.1) is 0 Å². The fraction of sp³-hybridized carbons (Fsp3) is 0.160. The summed E-state index contributed by atoms with van der Waals surface area (Å²) in [7, 11) is 1.53. The summed E-state index contributed by atoms with van der Waals surface area (Å²) in [5, 5.41) is 4.00. The maximum atomic E-state index is 12.6. The van der Waals surface area contributed by atoms with Gasteiger partial charge in [-0.05, 0) is 67.1 Å². The molecule has 0 saturated carbocycles. The van der Waals surface area contributed by atoms with Crippen molar-refractivity contribution in [2.45, 2.75) is 13.3 Å². The molecule has 0 unspecified atom stereocenters. The maximum absolute atomic E-state index is 12.6. The molecule has 0 aliphatic heterocycles. The SMILES string of the molecule is CCCOc1ccc(C(=O)Oc2ccc(Br)cc2C=NNC(=O)c2cccc(OC)c2)cc1. The summed E-state index contributed by atoms with van der Waals surface area (Å²) in [4.78, 5) is 24.9. The van der Waals surface area contributed by atoms with Crippen molar-refractivity contribution >= 4 is 34.0 Å². The van der Waals surface area contributed by atoms with E-state index < -0.39 is 11.9 Å². The number of ether oxygens (including phenoxy) is 3. The van der Waals surface area contributed by atoms with Crippen molar-refractivity contribution < 1.29 is 23.8 Å². The molecule has 0 aliphatic rings. The molecule has 1 N–H and O–H groups in total. The Morgan fingerprint density at radius 2 is 1.79 bits per heavy atom. The summed E-state index contributed by atoms with van der Waals surface area (Å²) in [6.07, 6.45) is 2.31. The molecule has 0 bridgehead atoms. The van der Waals surface area contributed by atoms with Crippen molar-refractivity contribution in [3.63, 3.8) is 0 Å². The van der Waals surface area contributed by atoms with Gasteiger partial charge >= 0.3 is 5.97 Å². The number of carbonyl (C=O) groups excluding carboxylic acids is 2. The van der Waals surface area contributed by atoms with Crippen LogP contribution in [0.15, 0.2) is 76.3 Å². The van der Waals surface area contributed by atoms with Gasteiger partial charge in [-0.1, -0.05) is 28.9 Å². The van der Waals surface area contributed by atoms with Crippen LogP contribution < -0.4 is 19.6 Å². The van der Waals surface area contributed by atoms with Gasteiger partial charge in [0.05, 0.1) is 25.5 Å². The van der Waals surface area contributed by atoms with Crippen molar-refractivity contribution in [1.82, 2.24) is 5.43 Å². The van der Waals surface area contributed by atoms with E-state index in [1.807, 2.05) is 6.92 Å². The van der Waals surface area contributed by atoms with Crippen LogP contribution >= 0.6 is 15.9 Å². The summed E-state index contributed by atoms with van der Waals surface area (Å²) in [6.45, 7) is 2.63. The maximum Gasteiger partial charge on any atom is 0.343 e. The van der Waals surface area contributed by atoms with Crippen LogP contribution in [0.4, 0.5) is 0 Å². The number of halogens is 1. The first-order valence-electron chi connectivity index (χ1n) is 10.2. The number of hydrogen-bond acceptors (Lipinski definition) is 6. The summed E-state index contributed by atoms with van der Waals surface area (Å²) in [5.74, 6) is 0.641. The number of amides is 1. The lowest BCUT2D eigenvalue weighted by Gasteiger charge is -2.09. The Bertz CT molecular complexity index is 1150. The summed E-state index contributed by atoms with van der Waals surface area (Å²) >= 11 is 3.39. The number of esters is 1. The number of benzene rings is 3. The van der Waals surface area contributed by atoms with Gasteiger partial charge < -0.3 is 14.2 Å². The first kappa shape index (κ1) is 24.0. The normalized spacial score (nSPS) is 10.6. The molecular weight excluding hydrogens is 488 g/mol. The van der Waals surface area contributed by atoms with Gasteiger partial charge in [0, 0.05) is 15.6 Å². The molecule has 0 fully saturated rings. The van der Waals surface area contributed by atoms with E-state index in [4.69, 9.17) is 14.2 Å². The summed E-state index contributed by atoms with van der Waals surface area (Å²) in [6, 6.07) is 18.6. The number of methoxy groups -OCH3 is 1. The first-order valence-corrected chi connectivity index (χ1v) is 11.0. The van der Waals surface area contributed by atoms with Gasteiger partial charge in [-0.25, -0.2) is 10.2 Å². The van der Waals surface area contributed by atoms with Gasteiger partial charge in [-0.15, -0.1) is 0 Å². The average Bonchev–Trinajstić information content (AvgIpc) is 2.84. The van der Waals surface area contributed by atoms with Gasteiger partial charge in [0.25, 0.3) is 5.91 Å². The van der Waals surface area contributed by atoms with E-state index in [1.54, 1.807) is 66.7 Å². The molecule has 8 heteroatoms. The molecule has 170 valence electrons. The van der Waals surface area contributed by atoms with Crippen LogP contribution in [0.1, 0.15) is 39.6 Å². The van der Waals surface area contributed by atoms with E-state index >= 15 is 0 Å². The molecule has 0 aromatic heterocycles. The molecule has 3 rings (SSSR count). The Morgan fingerprint density at radius 1 is 1.00 bits per heavy atom. The van der Waals surface area contributed by atoms with Crippen LogP contribution in [0.3, 0.4) is 0 Å². The van der Waals surface area contributed by atoms with Crippen LogP contribution in [-0.4, -0.2) is 31.8 Å². The minimum Gasteiger partial charge on any atom is -0.497 e. The highest BCUT2D eigenvalue weighted by molar-refractivity contribution is 9.10. The minimum atomic E-state index is -0.519. The minimum absolute atomic E-state index is 0.300. The molecule has 33 heavy (non-hydrogen) atoms. The van der Waals surface area contributed by atoms with E-state index in [0.29, 0.717) is 40.5 Å². The summed E-state index contributed by atoms with van der Waals surface area (Å²) in [5.41, 5.74) is 3.75. The van der Waals surface area contributed by atoms with Gasteiger partial charge in [-0.3, -0.25) is 4.79 Å². The predicted octanol–water partition coefficient (Wildman–Crippen LogP) is 5.23. The average molecular weight is 511 g/mol. The zero-order chi connectivity index (χ0) is 23.6. The van der Waals surface area contributed by atoms with Gasteiger partial charge in [0.1, 0.15) is 17.2 Å². The van der Waals surface area contributed by atoms with Crippen LogP contribution in [0.25, 0.3) is 0 Å². The predicted molar refractivity (Wildman–Crippen MR) is 129 cm³/mol. The van der Waals surface area contributed by atoms with E-state index in [-0.39, 0.29) is 0 Å². The lowest BCUT2D eigenvalue weighted by Crippen LogP contribution is -2.17. The standard InChI is InChI=1S/C25H23BrN2O5/c1-3-13-32-21-10-7-17(8-11-21)25(30)33-23-12-9-20(26)14-19(23)16-27-28-24(29)18-5-4-6-22(15-18)31-2/h4-12,14-16H,3,13H2,1-2H3,(H,28,29). The highest BCUT2D eigenvalue weighted by atomic mass is 79.9. The largest absolute Gasteiger partial charge is 0.497 e. The second kappa shape index (κ2) is 11.8. The zero-order valence-electron chi connectivity index (χ0n) is 18.2. The third kappa shape index (κ3) is 6.92. The number of rotatable bonds is 9. The topological polar surface area (TPSA) is 86.2 Å². The third-order valence-corrected chi connectivity index (χ3v) is 4.93. The Kier molecular flexibility index (Phi) is 8.60. The highest BCUT2D eigenvalue weighted by Gasteiger charge is 2.12. The third-order valence-electron chi connectivity index (χ3n) is 4.44. The van der Waals surface area contributed by atoms with Crippen LogP contribution in [0.5, 0.6) is 17.2 Å². The molecule has 0 aliphatic carbocycles. The monoisotopic (exact) mass is 510 g/mol. The zero-order valence-corrected chi connectivity index (χ0v) is 19.8. The van der Waals surface area contributed by atoms with Gasteiger partial charge in [-0.2, -0.15) is 5.10 Å². The quantitative estimate of drug-likeness (QED) is 0.184. The number of hydrazone groups is 1. The molecule has 3 aromatic carbocycles. The molecular formula is C25H23BrN2O5. The van der Waals surface area contributed by atoms with E-state index in [9.17, 15) is 9.59 Å². The van der Waals surface area contributed by atoms with Crippen molar-refractivity contribution in [2.75, 3.05) is 13.7 Å². The fourth-order valence-electron chi connectivity index (χ4n) is 2.77. The Hall–Kier alpha value is -3.65. The lowest BCUT2D eigenvalue weighted by atomic mass is 10.2. The van der Waals surface area contributed by atoms with Crippen LogP contribution in [0.2, 0.25) is 0 Å². The van der Waals surface area contributed by atoms with E-state index in [2.05, 4.69) is 26.5 Å². The molecule has 1 amide bonds. The second-order valence-corrected chi connectivity index (χ2v) is 7.79. The molecule has 0 spiro atoms. The van der Waals surface area contributed by atoms with Gasteiger partial charge in [0.2, 0.25) is 0 Å². The Balaban J connectivity index is 1.69. The van der Waals surface area contributed by atoms with Crippen molar-refractivity contribution in [2.24, 2.45) is 5.10 Å². The van der Waals surface area contributed by atoms with Crippen LogP contribution in [-0.2, 0) is 0 Å². The lowest BCUT2D eigenvalue weighted by molar-refractivity contribution is 0.0734. The molecule has 0 heterocycles. The molecule has 0 radical (unpaired) electrons. The first-order chi connectivity index (χ1) is 16.0.